The summed E-state index contributed by atoms with van der Waals surface area (Å²) >= 11 is 0. The van der Waals surface area contributed by atoms with Crippen LogP contribution < -0.4 is 10.6 Å². The van der Waals surface area contributed by atoms with Gasteiger partial charge >= 0.3 is 6.18 Å². The van der Waals surface area contributed by atoms with Gasteiger partial charge in [-0.3, -0.25) is 4.99 Å². The van der Waals surface area contributed by atoms with Crippen LogP contribution in [0, 0.1) is 13.8 Å². The van der Waals surface area contributed by atoms with Crippen molar-refractivity contribution >= 4 is 29.9 Å². The molecule has 0 saturated heterocycles. The number of halogens is 4. The maximum absolute atomic E-state index is 12.1. The second-order valence-electron chi connectivity index (χ2n) is 4.65. The molecule has 7 heteroatoms. The summed E-state index contributed by atoms with van der Waals surface area (Å²) in [5, 5.41) is 5.65. The fourth-order valence-electron chi connectivity index (χ4n) is 1.77. The second-order valence-corrected chi connectivity index (χ2v) is 4.65. The average molecular weight is 415 g/mol. The summed E-state index contributed by atoms with van der Waals surface area (Å²) in [5.41, 5.74) is 3.41. The van der Waals surface area contributed by atoms with Crippen molar-refractivity contribution in [1.29, 1.82) is 0 Å². The molecule has 0 aromatic heterocycles. The molecule has 1 rings (SSSR count). The van der Waals surface area contributed by atoms with E-state index in [2.05, 4.69) is 21.7 Å². The zero-order valence-electron chi connectivity index (χ0n) is 12.3. The van der Waals surface area contributed by atoms with Crippen LogP contribution >= 0.6 is 24.0 Å². The van der Waals surface area contributed by atoms with Gasteiger partial charge in [0.1, 0.15) is 0 Å². The molecule has 0 atom stereocenters. The van der Waals surface area contributed by atoms with Crippen LogP contribution in [0.2, 0.25) is 0 Å². The topological polar surface area (TPSA) is 36.4 Å². The van der Waals surface area contributed by atoms with Crippen LogP contribution in [0.15, 0.2) is 23.2 Å². The summed E-state index contributed by atoms with van der Waals surface area (Å²) in [5.74, 6) is 0.370. The van der Waals surface area contributed by atoms with Crippen LogP contribution in [0.5, 0.6) is 0 Å². The van der Waals surface area contributed by atoms with Crippen molar-refractivity contribution in [3.8, 4) is 0 Å². The zero-order valence-corrected chi connectivity index (χ0v) is 14.7. The summed E-state index contributed by atoms with van der Waals surface area (Å²) < 4.78 is 36.2. The Hall–Kier alpha value is -0.990. The summed E-state index contributed by atoms with van der Waals surface area (Å²) in [4.78, 5) is 3.90. The Morgan fingerprint density at radius 1 is 1.19 bits per heavy atom. The lowest BCUT2D eigenvalue weighted by Gasteiger charge is -2.14. The van der Waals surface area contributed by atoms with E-state index >= 15 is 0 Å². The molecule has 1 aromatic carbocycles. The lowest BCUT2D eigenvalue weighted by molar-refractivity contribution is -0.132. The van der Waals surface area contributed by atoms with Gasteiger partial charge in [-0.05, 0) is 25.0 Å². The predicted octanol–water partition coefficient (Wildman–Crippen LogP) is 3.54. The first-order valence-corrected chi connectivity index (χ1v) is 6.39. The van der Waals surface area contributed by atoms with Crippen molar-refractivity contribution in [3.63, 3.8) is 0 Å². The summed E-state index contributed by atoms with van der Waals surface area (Å²) in [6.45, 7) is 4.36. The normalized spacial score (nSPS) is 11.8. The van der Waals surface area contributed by atoms with Crippen molar-refractivity contribution in [2.75, 3.05) is 13.6 Å². The van der Waals surface area contributed by atoms with Gasteiger partial charge in [0.05, 0.1) is 6.42 Å². The number of nitrogens with zero attached hydrogens (tertiary/aromatic N) is 1. The molecule has 0 radical (unpaired) electrons. The number of hydrogen-bond acceptors (Lipinski definition) is 1. The molecule has 120 valence electrons. The number of hydrogen-bond donors (Lipinski definition) is 2. The van der Waals surface area contributed by atoms with E-state index in [1.165, 1.54) is 12.6 Å². The first-order valence-electron chi connectivity index (χ1n) is 6.39. The smallest absolute Gasteiger partial charge is 0.356 e. The number of guanidine groups is 1. The van der Waals surface area contributed by atoms with Gasteiger partial charge in [0.15, 0.2) is 5.96 Å². The van der Waals surface area contributed by atoms with Gasteiger partial charge in [0.2, 0.25) is 0 Å². The standard InChI is InChI=1S/C14H20F3N3.HI/c1-10-4-5-12(11(2)8-10)9-20-13(18-3)19-7-6-14(15,16)17;/h4-5,8H,6-7,9H2,1-3H3,(H2,18,19,20);1H. The largest absolute Gasteiger partial charge is 0.390 e. The van der Waals surface area contributed by atoms with Gasteiger partial charge in [0.25, 0.3) is 0 Å². The Morgan fingerprint density at radius 3 is 2.38 bits per heavy atom. The van der Waals surface area contributed by atoms with Crippen molar-refractivity contribution in [1.82, 2.24) is 10.6 Å². The maximum atomic E-state index is 12.1. The van der Waals surface area contributed by atoms with E-state index in [0.717, 1.165) is 11.1 Å². The quantitative estimate of drug-likeness (QED) is 0.449. The number of rotatable bonds is 4. The molecule has 2 N–H and O–H groups in total. The Bertz CT molecular complexity index is 473. The van der Waals surface area contributed by atoms with Gasteiger partial charge in [0, 0.05) is 20.1 Å². The molecule has 3 nitrogen and oxygen atoms in total. The fraction of sp³-hybridized carbons (Fsp3) is 0.500. The monoisotopic (exact) mass is 415 g/mol. The highest BCUT2D eigenvalue weighted by molar-refractivity contribution is 14.0. The van der Waals surface area contributed by atoms with Crippen LogP contribution in [-0.4, -0.2) is 25.7 Å². The molecule has 0 spiro atoms. The minimum absolute atomic E-state index is 0. The zero-order chi connectivity index (χ0) is 15.2. The molecule has 0 aliphatic heterocycles. The molecule has 0 unspecified atom stereocenters. The number of alkyl halides is 3. The molecule has 21 heavy (non-hydrogen) atoms. The van der Waals surface area contributed by atoms with Crippen LogP contribution in [0.4, 0.5) is 13.2 Å². The second kappa shape index (κ2) is 9.11. The third kappa shape index (κ3) is 8.13. The molecule has 0 heterocycles. The van der Waals surface area contributed by atoms with E-state index < -0.39 is 12.6 Å². The van der Waals surface area contributed by atoms with Crippen molar-refractivity contribution < 1.29 is 13.2 Å². The Labute approximate surface area is 140 Å². The van der Waals surface area contributed by atoms with Crippen LogP contribution in [-0.2, 0) is 6.54 Å². The number of nitrogens with one attached hydrogen (secondary N) is 2. The van der Waals surface area contributed by atoms with Gasteiger partial charge < -0.3 is 10.6 Å². The molecule has 0 bridgehead atoms. The van der Waals surface area contributed by atoms with Crippen LogP contribution in [0.3, 0.4) is 0 Å². The third-order valence-corrected chi connectivity index (χ3v) is 2.87. The van der Waals surface area contributed by atoms with E-state index in [-0.39, 0.29) is 30.5 Å². The van der Waals surface area contributed by atoms with E-state index in [4.69, 9.17) is 0 Å². The van der Waals surface area contributed by atoms with Gasteiger partial charge in [-0.1, -0.05) is 23.8 Å². The average Bonchev–Trinajstić information content (AvgIpc) is 2.34. The summed E-state index contributed by atoms with van der Waals surface area (Å²) in [7, 11) is 1.53. The lowest BCUT2D eigenvalue weighted by atomic mass is 10.1. The van der Waals surface area contributed by atoms with Crippen molar-refractivity contribution in [3.05, 3.63) is 34.9 Å². The highest BCUT2D eigenvalue weighted by Gasteiger charge is 2.26. The molecule has 0 aliphatic carbocycles. The van der Waals surface area contributed by atoms with Gasteiger partial charge in [-0.2, -0.15) is 13.2 Å². The van der Waals surface area contributed by atoms with Crippen LogP contribution in [0.25, 0.3) is 0 Å². The third-order valence-electron chi connectivity index (χ3n) is 2.87. The predicted molar refractivity (Wildman–Crippen MR) is 90.2 cm³/mol. The van der Waals surface area contributed by atoms with E-state index in [0.29, 0.717) is 12.5 Å². The number of benzene rings is 1. The summed E-state index contributed by atoms with van der Waals surface area (Å²) in [6, 6.07) is 6.07. The number of aryl methyl sites for hydroxylation is 2. The first-order chi connectivity index (χ1) is 9.31. The van der Waals surface area contributed by atoms with Crippen molar-refractivity contribution in [2.45, 2.75) is 33.0 Å². The van der Waals surface area contributed by atoms with Gasteiger partial charge in [-0.15, -0.1) is 24.0 Å². The minimum atomic E-state index is -4.15. The Balaban J connectivity index is 0.00000400. The van der Waals surface area contributed by atoms with E-state index in [1.54, 1.807) is 0 Å². The highest BCUT2D eigenvalue weighted by atomic mass is 127. The molecule has 0 fully saturated rings. The van der Waals surface area contributed by atoms with E-state index in [1.807, 2.05) is 26.0 Å². The van der Waals surface area contributed by atoms with Crippen molar-refractivity contribution in [2.24, 2.45) is 4.99 Å². The Morgan fingerprint density at radius 2 is 1.86 bits per heavy atom. The molecule has 1 aromatic rings. The molecule has 0 amide bonds. The van der Waals surface area contributed by atoms with Gasteiger partial charge in [-0.25, -0.2) is 0 Å². The summed E-state index contributed by atoms with van der Waals surface area (Å²) in [6.07, 6.45) is -5.03. The fourth-order valence-corrected chi connectivity index (χ4v) is 1.77. The van der Waals surface area contributed by atoms with Crippen LogP contribution in [0.1, 0.15) is 23.1 Å². The Kier molecular flexibility index (Phi) is 8.68. The highest BCUT2D eigenvalue weighted by Crippen LogP contribution is 2.18. The first kappa shape index (κ1) is 20.0. The van der Waals surface area contributed by atoms with E-state index in [9.17, 15) is 13.2 Å². The maximum Gasteiger partial charge on any atom is 0.390 e. The molecule has 0 saturated carbocycles. The minimum Gasteiger partial charge on any atom is -0.356 e. The number of aliphatic imine (C=N–C) groups is 1. The molecular formula is C14H21F3IN3. The molecular weight excluding hydrogens is 394 g/mol. The molecule has 0 aliphatic rings. The lowest BCUT2D eigenvalue weighted by Crippen LogP contribution is -2.38. The SMILES string of the molecule is CN=C(NCCC(F)(F)F)NCc1ccc(C)cc1C.I.